The average molecular weight is 379 g/mol. The number of nitrogens with zero attached hydrogens (tertiary/aromatic N) is 2. The fourth-order valence-corrected chi connectivity index (χ4v) is 4.10. The lowest BCUT2D eigenvalue weighted by Crippen LogP contribution is -2.29. The molecule has 1 aliphatic heterocycles. The molecule has 1 saturated heterocycles. The monoisotopic (exact) mass is 379 g/mol. The second kappa shape index (κ2) is 7.88. The molecular weight excluding hydrogens is 358 g/mol. The third-order valence-electron chi connectivity index (χ3n) is 4.70. The number of carboxylic acids is 1. The highest BCUT2D eigenvalue weighted by atomic mass is 32.2. The molecule has 6 heteroatoms. The summed E-state index contributed by atoms with van der Waals surface area (Å²) in [6, 6.07) is 15.8. The van der Waals surface area contributed by atoms with Gasteiger partial charge in [-0.15, -0.1) is 0 Å². The van der Waals surface area contributed by atoms with E-state index in [9.17, 15) is 9.90 Å². The Morgan fingerprint density at radius 1 is 1.07 bits per heavy atom. The van der Waals surface area contributed by atoms with Gasteiger partial charge in [-0.05, 0) is 66.9 Å². The van der Waals surface area contributed by atoms with Crippen molar-refractivity contribution in [2.75, 3.05) is 18.0 Å². The molecule has 138 valence electrons. The highest BCUT2D eigenvalue weighted by molar-refractivity contribution is 8.04. The van der Waals surface area contributed by atoms with Gasteiger partial charge in [0.2, 0.25) is 0 Å². The molecule has 0 radical (unpaired) electrons. The lowest BCUT2D eigenvalue weighted by Gasteiger charge is -2.28. The SMILES string of the molecule is O=C(O)/C(=C\c1ccc(N2CCCCC2)cc1)Sc1nc2ccccc2[nH]1. The molecule has 2 N–H and O–H groups in total. The molecular formula is C21H21N3O2S. The molecule has 0 aliphatic carbocycles. The summed E-state index contributed by atoms with van der Waals surface area (Å²) >= 11 is 1.13. The van der Waals surface area contributed by atoms with Crippen molar-refractivity contribution in [3.63, 3.8) is 0 Å². The van der Waals surface area contributed by atoms with Gasteiger partial charge in [-0.1, -0.05) is 24.3 Å². The van der Waals surface area contributed by atoms with Gasteiger partial charge in [-0.2, -0.15) is 0 Å². The summed E-state index contributed by atoms with van der Waals surface area (Å²) in [6.07, 6.45) is 5.47. The average Bonchev–Trinajstić information content (AvgIpc) is 3.11. The number of benzene rings is 2. The van der Waals surface area contributed by atoms with Crippen LogP contribution in [-0.2, 0) is 4.79 Å². The van der Waals surface area contributed by atoms with Gasteiger partial charge in [-0.25, -0.2) is 9.78 Å². The number of piperidine rings is 1. The lowest BCUT2D eigenvalue weighted by molar-refractivity contribution is -0.131. The summed E-state index contributed by atoms with van der Waals surface area (Å²) in [6.45, 7) is 2.19. The third-order valence-corrected chi connectivity index (χ3v) is 5.60. The van der Waals surface area contributed by atoms with Gasteiger partial charge in [0.05, 0.1) is 11.0 Å². The third kappa shape index (κ3) is 4.17. The normalized spacial score (nSPS) is 15.3. The minimum absolute atomic E-state index is 0.236. The number of carboxylic acid groups (broad SMARTS) is 1. The summed E-state index contributed by atoms with van der Waals surface area (Å²) in [5, 5.41) is 10.2. The predicted molar refractivity (Wildman–Crippen MR) is 110 cm³/mol. The number of rotatable bonds is 5. The van der Waals surface area contributed by atoms with Crippen LogP contribution in [0.15, 0.2) is 58.6 Å². The van der Waals surface area contributed by atoms with Gasteiger partial charge >= 0.3 is 5.97 Å². The molecule has 2 heterocycles. The number of fused-ring (bicyclic) bond motifs is 1. The van der Waals surface area contributed by atoms with E-state index in [0.717, 1.165) is 41.4 Å². The number of nitrogens with one attached hydrogen (secondary N) is 1. The first-order valence-corrected chi connectivity index (χ1v) is 9.93. The first kappa shape index (κ1) is 17.7. The fourth-order valence-electron chi connectivity index (χ4n) is 3.30. The molecule has 1 aliphatic rings. The summed E-state index contributed by atoms with van der Waals surface area (Å²) < 4.78 is 0. The second-order valence-corrected chi connectivity index (χ2v) is 7.64. The van der Waals surface area contributed by atoms with Crippen molar-refractivity contribution in [1.29, 1.82) is 0 Å². The molecule has 0 bridgehead atoms. The molecule has 0 atom stereocenters. The quantitative estimate of drug-likeness (QED) is 0.494. The lowest BCUT2D eigenvalue weighted by atomic mass is 10.1. The maximum absolute atomic E-state index is 11.7. The molecule has 27 heavy (non-hydrogen) atoms. The topological polar surface area (TPSA) is 69.2 Å². The zero-order chi connectivity index (χ0) is 18.6. The van der Waals surface area contributed by atoms with Crippen molar-refractivity contribution >= 4 is 40.5 Å². The Morgan fingerprint density at radius 2 is 1.81 bits per heavy atom. The van der Waals surface area contributed by atoms with E-state index in [1.165, 1.54) is 24.9 Å². The van der Waals surface area contributed by atoms with Crippen LogP contribution in [0, 0.1) is 0 Å². The van der Waals surface area contributed by atoms with E-state index in [1.54, 1.807) is 6.08 Å². The number of aromatic amines is 1. The van der Waals surface area contributed by atoms with Crippen LogP contribution < -0.4 is 4.90 Å². The molecule has 0 amide bonds. The van der Waals surface area contributed by atoms with Gasteiger partial charge in [0.1, 0.15) is 4.91 Å². The van der Waals surface area contributed by atoms with E-state index in [1.807, 2.05) is 36.4 Å². The Hall–Kier alpha value is -2.73. The van der Waals surface area contributed by atoms with Gasteiger partial charge in [0, 0.05) is 18.8 Å². The van der Waals surface area contributed by atoms with E-state index in [2.05, 4.69) is 27.0 Å². The number of aromatic nitrogens is 2. The summed E-state index contributed by atoms with van der Waals surface area (Å²) in [5.74, 6) is -0.958. The Morgan fingerprint density at radius 3 is 2.52 bits per heavy atom. The van der Waals surface area contributed by atoms with Crippen molar-refractivity contribution in [3.8, 4) is 0 Å². The van der Waals surface area contributed by atoms with Gasteiger partial charge in [0.15, 0.2) is 5.16 Å². The molecule has 2 aromatic carbocycles. The first-order valence-electron chi connectivity index (χ1n) is 9.12. The maximum Gasteiger partial charge on any atom is 0.342 e. The smallest absolute Gasteiger partial charge is 0.342 e. The summed E-state index contributed by atoms with van der Waals surface area (Å²) in [4.78, 5) is 21.9. The van der Waals surface area contributed by atoms with Crippen LogP contribution in [0.4, 0.5) is 5.69 Å². The zero-order valence-corrected chi connectivity index (χ0v) is 15.7. The standard InChI is InChI=1S/C21H21N3O2S/c25-20(26)19(27-21-22-17-6-2-3-7-18(17)23-21)14-15-8-10-16(11-9-15)24-12-4-1-5-13-24/h2-3,6-11,14H,1,4-5,12-13H2,(H,22,23)(H,25,26)/b19-14+. The summed E-state index contributed by atoms with van der Waals surface area (Å²) in [7, 11) is 0. The number of anilines is 1. The molecule has 1 aromatic heterocycles. The number of H-pyrrole nitrogens is 1. The van der Waals surface area contributed by atoms with Crippen LogP contribution in [0.2, 0.25) is 0 Å². The highest BCUT2D eigenvalue weighted by Crippen LogP contribution is 2.29. The summed E-state index contributed by atoms with van der Waals surface area (Å²) in [5.41, 5.74) is 3.80. The van der Waals surface area contributed by atoms with Crippen molar-refractivity contribution in [2.24, 2.45) is 0 Å². The number of aliphatic carboxylic acids is 1. The van der Waals surface area contributed by atoms with E-state index >= 15 is 0 Å². The number of para-hydroxylation sites is 2. The van der Waals surface area contributed by atoms with E-state index in [-0.39, 0.29) is 4.91 Å². The Labute approximate surface area is 162 Å². The molecule has 0 unspecified atom stereocenters. The predicted octanol–water partition coefficient (Wildman–Crippen LogP) is 4.77. The van der Waals surface area contributed by atoms with Crippen LogP contribution >= 0.6 is 11.8 Å². The Balaban J connectivity index is 1.54. The van der Waals surface area contributed by atoms with Crippen molar-refractivity contribution in [3.05, 3.63) is 59.0 Å². The minimum atomic E-state index is -0.958. The van der Waals surface area contributed by atoms with Gasteiger partial charge < -0.3 is 15.0 Å². The van der Waals surface area contributed by atoms with Crippen LogP contribution in [0.3, 0.4) is 0 Å². The first-order chi connectivity index (χ1) is 13.2. The second-order valence-electron chi connectivity index (χ2n) is 6.61. The fraction of sp³-hybridized carbons (Fsp3) is 0.238. The Kier molecular flexibility index (Phi) is 5.16. The molecule has 5 nitrogen and oxygen atoms in total. The molecule has 0 spiro atoms. The molecule has 3 aromatic rings. The van der Waals surface area contributed by atoms with E-state index < -0.39 is 5.97 Å². The number of carbonyl (C=O) groups is 1. The molecule has 0 saturated carbocycles. The number of imidazole rings is 1. The largest absolute Gasteiger partial charge is 0.477 e. The zero-order valence-electron chi connectivity index (χ0n) is 14.9. The van der Waals surface area contributed by atoms with Crippen LogP contribution in [-0.4, -0.2) is 34.1 Å². The molecule has 4 rings (SSSR count). The van der Waals surface area contributed by atoms with Crippen LogP contribution in [0.1, 0.15) is 24.8 Å². The highest BCUT2D eigenvalue weighted by Gasteiger charge is 2.14. The maximum atomic E-state index is 11.7. The number of hydrogen-bond donors (Lipinski definition) is 2. The molecule has 1 fully saturated rings. The van der Waals surface area contributed by atoms with E-state index in [4.69, 9.17) is 0 Å². The van der Waals surface area contributed by atoms with Gasteiger partial charge in [-0.3, -0.25) is 0 Å². The number of hydrogen-bond acceptors (Lipinski definition) is 4. The van der Waals surface area contributed by atoms with Crippen LogP contribution in [0.25, 0.3) is 17.1 Å². The van der Waals surface area contributed by atoms with Crippen LogP contribution in [0.5, 0.6) is 0 Å². The van der Waals surface area contributed by atoms with Gasteiger partial charge in [0.25, 0.3) is 0 Å². The van der Waals surface area contributed by atoms with E-state index in [0.29, 0.717) is 5.16 Å². The Bertz CT molecular complexity index is 940. The van der Waals surface area contributed by atoms with Crippen molar-refractivity contribution < 1.29 is 9.90 Å². The van der Waals surface area contributed by atoms with Crippen molar-refractivity contribution in [2.45, 2.75) is 24.4 Å². The number of thioether (sulfide) groups is 1. The van der Waals surface area contributed by atoms with Crippen molar-refractivity contribution in [1.82, 2.24) is 9.97 Å². The minimum Gasteiger partial charge on any atom is -0.477 e.